The van der Waals surface area contributed by atoms with Crippen molar-refractivity contribution in [2.75, 3.05) is 24.5 Å². The van der Waals surface area contributed by atoms with Crippen LogP contribution in [0.5, 0.6) is 0 Å². The van der Waals surface area contributed by atoms with Gasteiger partial charge in [0, 0.05) is 25.3 Å². The first-order valence-corrected chi connectivity index (χ1v) is 11.6. The van der Waals surface area contributed by atoms with E-state index in [0.717, 1.165) is 42.7 Å². The zero-order chi connectivity index (χ0) is 23.4. The smallest absolute Gasteiger partial charge is 0.407 e. The van der Waals surface area contributed by atoms with Crippen LogP contribution in [-0.4, -0.2) is 43.3 Å². The van der Waals surface area contributed by atoms with Crippen molar-refractivity contribution in [2.24, 2.45) is 0 Å². The van der Waals surface area contributed by atoms with Gasteiger partial charge in [-0.3, -0.25) is 0 Å². The molecule has 2 aliphatic heterocycles. The van der Waals surface area contributed by atoms with Crippen LogP contribution in [0.1, 0.15) is 54.2 Å². The van der Waals surface area contributed by atoms with Gasteiger partial charge in [-0.1, -0.05) is 30.3 Å². The topological polar surface area (TPSA) is 79.9 Å². The van der Waals surface area contributed by atoms with Crippen LogP contribution in [0.4, 0.5) is 10.5 Å². The molecule has 1 atom stereocenters. The summed E-state index contributed by atoms with van der Waals surface area (Å²) in [7, 11) is 0. The minimum Gasteiger partial charge on any atom is -0.457 e. The largest absolute Gasteiger partial charge is 0.457 e. The molecular weight excluding hydrogens is 418 g/mol. The van der Waals surface area contributed by atoms with Crippen molar-refractivity contribution in [2.45, 2.75) is 58.4 Å². The molecule has 2 aromatic rings. The average molecular weight is 452 g/mol. The molecule has 0 saturated carbocycles. The summed E-state index contributed by atoms with van der Waals surface area (Å²) in [6.45, 7) is 8.84. The third kappa shape index (κ3) is 6.05. The minimum absolute atomic E-state index is 0.00558. The van der Waals surface area contributed by atoms with Crippen molar-refractivity contribution in [1.82, 2.24) is 10.6 Å². The maximum atomic E-state index is 13.1. The second-order valence-electron chi connectivity index (χ2n) is 9.70. The van der Waals surface area contributed by atoms with E-state index in [4.69, 9.17) is 9.47 Å². The fourth-order valence-corrected chi connectivity index (χ4v) is 4.34. The van der Waals surface area contributed by atoms with Crippen LogP contribution in [0.15, 0.2) is 42.5 Å². The number of nitrogens with one attached hydrogen (secondary N) is 2. The Morgan fingerprint density at radius 1 is 1.18 bits per heavy atom. The monoisotopic (exact) mass is 451 g/mol. The zero-order valence-electron chi connectivity index (χ0n) is 19.6. The lowest BCUT2D eigenvalue weighted by Crippen LogP contribution is -2.40. The number of benzene rings is 2. The summed E-state index contributed by atoms with van der Waals surface area (Å²) in [6.07, 6.45) is 1.30. The number of alkyl carbamates (subject to hydrolysis) is 1. The van der Waals surface area contributed by atoms with Crippen molar-refractivity contribution in [1.29, 1.82) is 0 Å². The van der Waals surface area contributed by atoms with Crippen molar-refractivity contribution in [3.05, 3.63) is 64.7 Å². The standard InChI is InChI=1S/C26H33N3O4/c1-26(2,3)33-25(31)28-20-10-12-29(16-20)21-13-19-9-11-27-15-23(19)22(14-21)24(30)32-17-18-7-5-4-6-8-18/h4-8,13-14,20,27H,9-12,15-17H2,1-3H3,(H,28,31)/t20-/m0/s1. The molecule has 1 fully saturated rings. The van der Waals surface area contributed by atoms with E-state index in [0.29, 0.717) is 18.7 Å². The Morgan fingerprint density at radius 2 is 1.97 bits per heavy atom. The normalized spacial score (nSPS) is 17.9. The van der Waals surface area contributed by atoms with E-state index in [2.05, 4.69) is 21.6 Å². The third-order valence-electron chi connectivity index (χ3n) is 5.91. The summed E-state index contributed by atoms with van der Waals surface area (Å²) in [5.41, 5.74) is 4.26. The molecule has 2 heterocycles. The van der Waals surface area contributed by atoms with Gasteiger partial charge in [0.1, 0.15) is 12.2 Å². The molecule has 0 unspecified atom stereocenters. The number of nitrogens with zero attached hydrogens (tertiary/aromatic N) is 1. The molecule has 176 valence electrons. The van der Waals surface area contributed by atoms with Crippen LogP contribution < -0.4 is 15.5 Å². The van der Waals surface area contributed by atoms with Crippen molar-refractivity contribution >= 4 is 17.7 Å². The summed E-state index contributed by atoms with van der Waals surface area (Å²) in [5, 5.41) is 6.33. The van der Waals surface area contributed by atoms with Crippen molar-refractivity contribution in [3.63, 3.8) is 0 Å². The number of fused-ring (bicyclic) bond motifs is 1. The lowest BCUT2D eigenvalue weighted by Gasteiger charge is -2.26. The maximum Gasteiger partial charge on any atom is 0.407 e. The lowest BCUT2D eigenvalue weighted by atomic mass is 9.94. The molecule has 0 aromatic heterocycles. The number of ether oxygens (including phenoxy) is 2. The van der Waals surface area contributed by atoms with Gasteiger partial charge in [-0.25, -0.2) is 9.59 Å². The summed E-state index contributed by atoms with van der Waals surface area (Å²) < 4.78 is 11.1. The number of hydrogen-bond donors (Lipinski definition) is 2. The molecule has 7 heteroatoms. The third-order valence-corrected chi connectivity index (χ3v) is 5.91. The fourth-order valence-electron chi connectivity index (χ4n) is 4.34. The van der Waals surface area contributed by atoms with Gasteiger partial charge in [0.05, 0.1) is 11.6 Å². The van der Waals surface area contributed by atoms with Crippen molar-refractivity contribution < 1.29 is 19.1 Å². The molecular formula is C26H33N3O4. The van der Waals surface area contributed by atoms with E-state index in [9.17, 15) is 9.59 Å². The molecule has 0 radical (unpaired) electrons. The Balaban J connectivity index is 1.47. The van der Waals surface area contributed by atoms with Crippen LogP contribution >= 0.6 is 0 Å². The van der Waals surface area contributed by atoms with Gasteiger partial charge in [0.2, 0.25) is 0 Å². The van der Waals surface area contributed by atoms with E-state index in [1.807, 2.05) is 57.2 Å². The predicted octanol–water partition coefficient (Wildman–Crippen LogP) is 3.79. The number of esters is 1. The highest BCUT2D eigenvalue weighted by Crippen LogP contribution is 2.29. The Morgan fingerprint density at radius 3 is 2.73 bits per heavy atom. The van der Waals surface area contributed by atoms with E-state index in [1.54, 1.807) is 0 Å². The van der Waals surface area contributed by atoms with Crippen LogP contribution in [0.25, 0.3) is 0 Å². The first-order chi connectivity index (χ1) is 15.8. The number of rotatable bonds is 5. The summed E-state index contributed by atoms with van der Waals surface area (Å²) in [6, 6.07) is 13.8. The average Bonchev–Trinajstić information content (AvgIpc) is 3.24. The Hall–Kier alpha value is -3.06. The first-order valence-electron chi connectivity index (χ1n) is 11.6. The summed E-state index contributed by atoms with van der Waals surface area (Å²) >= 11 is 0. The number of anilines is 1. The minimum atomic E-state index is -0.524. The fraction of sp³-hybridized carbons (Fsp3) is 0.462. The quantitative estimate of drug-likeness (QED) is 0.674. The predicted molar refractivity (Wildman–Crippen MR) is 127 cm³/mol. The lowest BCUT2D eigenvalue weighted by molar-refractivity contribution is 0.0468. The molecule has 2 N–H and O–H groups in total. The number of carbonyl (C=O) groups excluding carboxylic acids is 2. The molecule has 2 aliphatic rings. The Kier molecular flexibility index (Phi) is 6.88. The second-order valence-corrected chi connectivity index (χ2v) is 9.70. The highest BCUT2D eigenvalue weighted by molar-refractivity contribution is 5.93. The highest BCUT2D eigenvalue weighted by atomic mass is 16.6. The van der Waals surface area contributed by atoms with E-state index in [1.165, 1.54) is 5.56 Å². The molecule has 0 bridgehead atoms. The number of carbonyl (C=O) groups is 2. The van der Waals surface area contributed by atoms with Gasteiger partial charge in [-0.15, -0.1) is 0 Å². The Bertz CT molecular complexity index is 1000. The van der Waals surface area contributed by atoms with Gasteiger partial charge < -0.3 is 25.0 Å². The molecule has 0 aliphatic carbocycles. The molecule has 7 nitrogen and oxygen atoms in total. The zero-order valence-corrected chi connectivity index (χ0v) is 19.6. The van der Waals surface area contributed by atoms with Gasteiger partial charge in [0.25, 0.3) is 0 Å². The molecule has 0 spiro atoms. The van der Waals surface area contributed by atoms with Gasteiger partial charge in [-0.2, -0.15) is 0 Å². The van der Waals surface area contributed by atoms with E-state index in [-0.39, 0.29) is 18.6 Å². The van der Waals surface area contributed by atoms with Crippen LogP contribution in [0.3, 0.4) is 0 Å². The highest BCUT2D eigenvalue weighted by Gasteiger charge is 2.28. The van der Waals surface area contributed by atoms with Crippen LogP contribution in [-0.2, 0) is 29.0 Å². The number of hydrogen-bond acceptors (Lipinski definition) is 6. The van der Waals surface area contributed by atoms with Gasteiger partial charge in [-0.05, 0) is 69.0 Å². The molecule has 33 heavy (non-hydrogen) atoms. The van der Waals surface area contributed by atoms with Gasteiger partial charge in [0.15, 0.2) is 0 Å². The first kappa shape index (κ1) is 23.1. The van der Waals surface area contributed by atoms with Crippen LogP contribution in [0, 0.1) is 0 Å². The SMILES string of the molecule is CC(C)(C)OC(=O)N[C@H]1CCN(c2cc3c(c(C(=O)OCc4ccccc4)c2)CNCC3)C1. The van der Waals surface area contributed by atoms with E-state index >= 15 is 0 Å². The van der Waals surface area contributed by atoms with E-state index < -0.39 is 11.7 Å². The molecule has 2 aromatic carbocycles. The second kappa shape index (κ2) is 9.83. The van der Waals surface area contributed by atoms with Gasteiger partial charge >= 0.3 is 12.1 Å². The maximum absolute atomic E-state index is 13.1. The molecule has 1 amide bonds. The van der Waals surface area contributed by atoms with Crippen LogP contribution in [0.2, 0.25) is 0 Å². The summed E-state index contributed by atoms with van der Waals surface area (Å²) in [5.74, 6) is -0.303. The number of amides is 1. The molecule has 4 rings (SSSR count). The summed E-state index contributed by atoms with van der Waals surface area (Å²) in [4.78, 5) is 27.4. The molecule has 1 saturated heterocycles. The van der Waals surface area contributed by atoms with Crippen molar-refractivity contribution in [3.8, 4) is 0 Å². The Labute approximate surface area is 195 Å².